The topological polar surface area (TPSA) is 72.8 Å². The minimum absolute atomic E-state index is 0.114. The zero-order valence-electron chi connectivity index (χ0n) is 10.0. The first-order chi connectivity index (χ1) is 8.47. The molecule has 5 nitrogen and oxygen atoms in total. The molecule has 0 spiro atoms. The Labute approximate surface area is 109 Å². The summed E-state index contributed by atoms with van der Waals surface area (Å²) >= 11 is 5.86. The van der Waals surface area contributed by atoms with E-state index in [9.17, 15) is 14.7 Å². The lowest BCUT2D eigenvalue weighted by molar-refractivity contribution is -0.140. The molecular weight excluding hydrogens is 260 g/mol. The molecule has 6 heteroatoms. The standard InChI is InChI=1S/C12H13ClO5/c1-17-10(14)5-7-3-9(13)4-8(12(7)16)6-11(15)18-2/h3-4,16H,5-6H2,1-2H3. The van der Waals surface area contributed by atoms with E-state index in [1.54, 1.807) is 0 Å². The van der Waals surface area contributed by atoms with Crippen LogP contribution in [-0.4, -0.2) is 31.3 Å². The Morgan fingerprint density at radius 1 is 1.11 bits per heavy atom. The predicted molar refractivity (Wildman–Crippen MR) is 64.6 cm³/mol. The number of methoxy groups -OCH3 is 2. The van der Waals surface area contributed by atoms with Gasteiger partial charge in [-0.1, -0.05) is 11.6 Å². The lowest BCUT2D eigenvalue weighted by Crippen LogP contribution is -2.08. The fourth-order valence-electron chi connectivity index (χ4n) is 1.44. The zero-order chi connectivity index (χ0) is 13.7. The molecule has 0 bridgehead atoms. The number of phenols is 1. The molecule has 1 N–H and O–H groups in total. The van der Waals surface area contributed by atoms with E-state index in [1.165, 1.54) is 26.4 Å². The molecule has 1 aromatic rings. The monoisotopic (exact) mass is 272 g/mol. The van der Waals surface area contributed by atoms with Crippen LogP contribution in [0.2, 0.25) is 5.02 Å². The van der Waals surface area contributed by atoms with Crippen molar-refractivity contribution < 1.29 is 24.2 Å². The molecule has 0 heterocycles. The van der Waals surface area contributed by atoms with Crippen molar-refractivity contribution in [1.82, 2.24) is 0 Å². The van der Waals surface area contributed by atoms with E-state index >= 15 is 0 Å². The lowest BCUT2D eigenvalue weighted by atomic mass is 10.0. The van der Waals surface area contributed by atoms with Gasteiger partial charge in [0, 0.05) is 16.1 Å². The Morgan fingerprint density at radius 2 is 1.50 bits per heavy atom. The molecular formula is C12H13ClO5. The first-order valence-electron chi connectivity index (χ1n) is 5.11. The van der Waals surface area contributed by atoms with Crippen LogP contribution >= 0.6 is 11.6 Å². The van der Waals surface area contributed by atoms with Gasteiger partial charge in [0.1, 0.15) is 5.75 Å². The van der Waals surface area contributed by atoms with Crippen molar-refractivity contribution in [3.63, 3.8) is 0 Å². The Balaban J connectivity index is 3.05. The van der Waals surface area contributed by atoms with Crippen LogP contribution in [0.1, 0.15) is 11.1 Å². The number of hydrogen-bond acceptors (Lipinski definition) is 5. The average molecular weight is 273 g/mol. The molecule has 0 amide bonds. The Bertz CT molecular complexity index is 431. The van der Waals surface area contributed by atoms with Crippen LogP contribution in [0.4, 0.5) is 0 Å². The Morgan fingerprint density at radius 3 is 1.83 bits per heavy atom. The van der Waals surface area contributed by atoms with E-state index in [2.05, 4.69) is 9.47 Å². The van der Waals surface area contributed by atoms with Gasteiger partial charge in [0.15, 0.2) is 0 Å². The number of carbonyl (C=O) groups is 2. The van der Waals surface area contributed by atoms with Gasteiger partial charge in [-0.15, -0.1) is 0 Å². The first-order valence-corrected chi connectivity index (χ1v) is 5.49. The van der Waals surface area contributed by atoms with Crippen LogP contribution in [-0.2, 0) is 31.9 Å². The van der Waals surface area contributed by atoms with Crippen LogP contribution in [0, 0.1) is 0 Å². The normalized spacial score (nSPS) is 9.94. The van der Waals surface area contributed by atoms with E-state index < -0.39 is 11.9 Å². The van der Waals surface area contributed by atoms with E-state index in [0.29, 0.717) is 16.1 Å². The van der Waals surface area contributed by atoms with Gasteiger partial charge < -0.3 is 14.6 Å². The largest absolute Gasteiger partial charge is 0.507 e. The summed E-state index contributed by atoms with van der Waals surface area (Å²) in [5.41, 5.74) is 0.626. The van der Waals surface area contributed by atoms with Crippen LogP contribution in [0.15, 0.2) is 12.1 Å². The van der Waals surface area contributed by atoms with E-state index in [0.717, 1.165) is 0 Å². The fourth-order valence-corrected chi connectivity index (χ4v) is 1.71. The number of ether oxygens (including phenoxy) is 2. The van der Waals surface area contributed by atoms with Gasteiger partial charge in [0.25, 0.3) is 0 Å². The molecule has 0 aliphatic rings. The molecule has 0 atom stereocenters. The van der Waals surface area contributed by atoms with Gasteiger partial charge in [-0.3, -0.25) is 9.59 Å². The highest BCUT2D eigenvalue weighted by molar-refractivity contribution is 6.30. The van der Waals surface area contributed by atoms with Gasteiger partial charge in [0.2, 0.25) is 0 Å². The molecule has 1 aromatic carbocycles. The van der Waals surface area contributed by atoms with Gasteiger partial charge in [-0.2, -0.15) is 0 Å². The number of benzene rings is 1. The summed E-state index contributed by atoms with van der Waals surface area (Å²) in [4.78, 5) is 22.3. The summed E-state index contributed by atoms with van der Waals surface area (Å²) in [7, 11) is 2.50. The Kier molecular flexibility index (Phi) is 4.97. The van der Waals surface area contributed by atoms with Crippen molar-refractivity contribution in [2.24, 2.45) is 0 Å². The second-order valence-electron chi connectivity index (χ2n) is 3.58. The average Bonchev–Trinajstić information content (AvgIpc) is 2.34. The second-order valence-corrected chi connectivity index (χ2v) is 4.01. The maximum atomic E-state index is 11.2. The molecule has 0 saturated carbocycles. The molecule has 0 aromatic heterocycles. The van der Waals surface area contributed by atoms with E-state index in [1.807, 2.05) is 0 Å². The highest BCUT2D eigenvalue weighted by Crippen LogP contribution is 2.28. The maximum absolute atomic E-state index is 11.2. The van der Waals surface area contributed by atoms with Crippen molar-refractivity contribution in [2.75, 3.05) is 14.2 Å². The van der Waals surface area contributed by atoms with Crippen LogP contribution in [0.25, 0.3) is 0 Å². The summed E-state index contributed by atoms with van der Waals surface area (Å²) < 4.78 is 9.01. The number of halogens is 1. The summed E-state index contributed by atoms with van der Waals surface area (Å²) in [6.07, 6.45) is -0.228. The van der Waals surface area contributed by atoms with Crippen molar-refractivity contribution in [3.8, 4) is 5.75 Å². The summed E-state index contributed by atoms with van der Waals surface area (Å²) in [6, 6.07) is 2.91. The van der Waals surface area contributed by atoms with Crippen LogP contribution in [0.3, 0.4) is 0 Å². The second kappa shape index (κ2) is 6.26. The number of carbonyl (C=O) groups excluding carboxylic acids is 2. The number of esters is 2. The van der Waals surface area contributed by atoms with Crippen molar-refractivity contribution in [2.45, 2.75) is 12.8 Å². The third kappa shape index (κ3) is 3.63. The molecule has 18 heavy (non-hydrogen) atoms. The molecule has 0 aliphatic heterocycles. The number of hydrogen-bond donors (Lipinski definition) is 1. The molecule has 0 unspecified atom stereocenters. The summed E-state index contributed by atoms with van der Waals surface area (Å²) in [5.74, 6) is -1.15. The smallest absolute Gasteiger partial charge is 0.310 e. The van der Waals surface area contributed by atoms with Gasteiger partial charge in [0.05, 0.1) is 27.1 Å². The quantitative estimate of drug-likeness (QED) is 0.841. The maximum Gasteiger partial charge on any atom is 0.310 e. The molecule has 0 aliphatic carbocycles. The van der Waals surface area contributed by atoms with Gasteiger partial charge in [-0.25, -0.2) is 0 Å². The molecule has 98 valence electrons. The predicted octanol–water partition coefficient (Wildman–Crippen LogP) is 1.48. The number of rotatable bonds is 4. The SMILES string of the molecule is COC(=O)Cc1cc(Cl)cc(CC(=O)OC)c1O. The van der Waals surface area contributed by atoms with Gasteiger partial charge in [-0.05, 0) is 12.1 Å². The first kappa shape index (κ1) is 14.3. The molecule has 0 saturated heterocycles. The van der Waals surface area contributed by atoms with Crippen LogP contribution in [0.5, 0.6) is 5.75 Å². The fraction of sp³-hybridized carbons (Fsp3) is 0.333. The summed E-state index contributed by atoms with van der Waals surface area (Å²) in [5, 5.41) is 10.3. The highest BCUT2D eigenvalue weighted by atomic mass is 35.5. The van der Waals surface area contributed by atoms with Crippen molar-refractivity contribution in [3.05, 3.63) is 28.3 Å². The molecule has 0 radical (unpaired) electrons. The van der Waals surface area contributed by atoms with E-state index in [-0.39, 0.29) is 18.6 Å². The Hall–Kier alpha value is -1.75. The summed E-state index contributed by atoms with van der Waals surface area (Å²) in [6.45, 7) is 0. The number of phenolic OH excluding ortho intramolecular Hbond substituents is 1. The minimum Gasteiger partial charge on any atom is -0.507 e. The third-order valence-electron chi connectivity index (χ3n) is 2.36. The van der Waals surface area contributed by atoms with Crippen LogP contribution < -0.4 is 0 Å². The molecule has 1 rings (SSSR count). The van der Waals surface area contributed by atoms with Gasteiger partial charge >= 0.3 is 11.9 Å². The number of aromatic hydroxyl groups is 1. The zero-order valence-corrected chi connectivity index (χ0v) is 10.8. The third-order valence-corrected chi connectivity index (χ3v) is 2.58. The highest BCUT2D eigenvalue weighted by Gasteiger charge is 2.15. The molecule has 0 fully saturated rings. The van der Waals surface area contributed by atoms with Crippen molar-refractivity contribution >= 4 is 23.5 Å². The lowest BCUT2D eigenvalue weighted by Gasteiger charge is -2.09. The van der Waals surface area contributed by atoms with E-state index in [4.69, 9.17) is 11.6 Å². The minimum atomic E-state index is -0.503. The van der Waals surface area contributed by atoms with Crippen molar-refractivity contribution in [1.29, 1.82) is 0 Å².